The average molecular weight is 237 g/mol. The molecule has 90 valence electrons. The maximum Gasteiger partial charge on any atom is 0.0118 e. The highest BCUT2D eigenvalue weighted by Crippen LogP contribution is 2.37. The van der Waals surface area contributed by atoms with Crippen molar-refractivity contribution < 1.29 is 0 Å². The third kappa shape index (κ3) is 2.67. The Labute approximate surface area is 103 Å². The zero-order chi connectivity index (χ0) is 11.6. The summed E-state index contributed by atoms with van der Waals surface area (Å²) in [6.07, 6.45) is 4.11. The van der Waals surface area contributed by atoms with Crippen LogP contribution in [-0.4, -0.2) is 12.6 Å². The van der Waals surface area contributed by atoms with Crippen LogP contribution in [0.3, 0.4) is 0 Å². The zero-order valence-electron chi connectivity index (χ0n) is 10.6. The second kappa shape index (κ2) is 4.89. The smallest absolute Gasteiger partial charge is 0.0118 e. The monoisotopic (exact) mass is 237 g/mol. The quantitative estimate of drug-likeness (QED) is 0.834. The third-order valence-corrected chi connectivity index (χ3v) is 4.74. The van der Waals surface area contributed by atoms with Crippen LogP contribution in [0.4, 0.5) is 0 Å². The molecule has 0 spiro atoms. The molecular weight excluding hydrogens is 214 g/mol. The van der Waals surface area contributed by atoms with E-state index in [2.05, 4.69) is 42.9 Å². The van der Waals surface area contributed by atoms with E-state index in [4.69, 9.17) is 0 Å². The van der Waals surface area contributed by atoms with Crippen molar-refractivity contribution in [3.63, 3.8) is 0 Å². The Hall–Kier alpha value is -0.340. The molecule has 2 atom stereocenters. The lowest BCUT2D eigenvalue weighted by Gasteiger charge is -2.29. The van der Waals surface area contributed by atoms with Crippen LogP contribution in [0.5, 0.6) is 0 Å². The van der Waals surface area contributed by atoms with Crippen LogP contribution in [-0.2, 0) is 0 Å². The highest BCUT2D eigenvalue weighted by Gasteiger charge is 2.33. The Morgan fingerprint density at radius 1 is 1.56 bits per heavy atom. The number of hydrogen-bond donors (Lipinski definition) is 1. The summed E-state index contributed by atoms with van der Waals surface area (Å²) in [6, 6.07) is 2.96. The fraction of sp³-hybridized carbons (Fsp3) is 0.714. The largest absolute Gasteiger partial charge is 0.313 e. The molecular formula is C14H23NS. The summed E-state index contributed by atoms with van der Waals surface area (Å²) < 4.78 is 0. The van der Waals surface area contributed by atoms with Crippen LogP contribution in [0.1, 0.15) is 51.5 Å². The number of thiophene rings is 1. The second-order valence-electron chi connectivity index (χ2n) is 5.80. The van der Waals surface area contributed by atoms with Gasteiger partial charge in [-0.3, -0.25) is 0 Å². The first-order valence-corrected chi connectivity index (χ1v) is 7.29. The summed E-state index contributed by atoms with van der Waals surface area (Å²) in [5.74, 6) is 0.641. The molecule has 1 aromatic heterocycles. The highest BCUT2D eigenvalue weighted by molar-refractivity contribution is 7.07. The van der Waals surface area contributed by atoms with E-state index in [0.29, 0.717) is 17.4 Å². The van der Waals surface area contributed by atoms with Crippen molar-refractivity contribution in [2.24, 2.45) is 5.41 Å². The summed E-state index contributed by atoms with van der Waals surface area (Å²) in [4.78, 5) is 0. The van der Waals surface area contributed by atoms with E-state index in [0.717, 1.165) is 6.54 Å². The van der Waals surface area contributed by atoms with Gasteiger partial charge >= 0.3 is 0 Å². The van der Waals surface area contributed by atoms with Crippen molar-refractivity contribution in [3.05, 3.63) is 22.4 Å². The fourth-order valence-corrected chi connectivity index (χ4v) is 3.48. The molecule has 1 fully saturated rings. The van der Waals surface area contributed by atoms with E-state index in [1.54, 1.807) is 11.3 Å². The Morgan fingerprint density at radius 3 is 2.94 bits per heavy atom. The minimum Gasteiger partial charge on any atom is -0.313 e. The van der Waals surface area contributed by atoms with E-state index in [1.165, 1.54) is 24.8 Å². The van der Waals surface area contributed by atoms with Crippen LogP contribution in [0.25, 0.3) is 0 Å². The van der Waals surface area contributed by atoms with E-state index >= 15 is 0 Å². The number of nitrogens with one attached hydrogen (secondary N) is 1. The summed E-state index contributed by atoms with van der Waals surface area (Å²) in [5, 5.41) is 8.21. The topological polar surface area (TPSA) is 12.0 Å². The summed E-state index contributed by atoms with van der Waals surface area (Å²) in [6.45, 7) is 8.22. The van der Waals surface area contributed by atoms with Gasteiger partial charge in [0.15, 0.2) is 0 Å². The van der Waals surface area contributed by atoms with Gasteiger partial charge in [-0.05, 0) is 46.6 Å². The van der Waals surface area contributed by atoms with Gasteiger partial charge in [0.1, 0.15) is 0 Å². The van der Waals surface area contributed by atoms with Gasteiger partial charge in [0, 0.05) is 12.6 Å². The van der Waals surface area contributed by atoms with Crippen molar-refractivity contribution in [2.45, 2.75) is 52.0 Å². The Bertz CT molecular complexity index is 315. The van der Waals surface area contributed by atoms with Gasteiger partial charge in [-0.25, -0.2) is 0 Å². The first kappa shape index (κ1) is 12.1. The average Bonchev–Trinajstić information content (AvgIpc) is 2.83. The molecule has 0 aliphatic heterocycles. The Kier molecular flexibility index (Phi) is 3.70. The van der Waals surface area contributed by atoms with Crippen LogP contribution in [0, 0.1) is 5.41 Å². The van der Waals surface area contributed by atoms with Crippen molar-refractivity contribution in [1.82, 2.24) is 5.32 Å². The minimum atomic E-state index is 0.494. The van der Waals surface area contributed by atoms with Crippen molar-refractivity contribution >= 4 is 11.3 Å². The van der Waals surface area contributed by atoms with Gasteiger partial charge in [0.05, 0.1) is 0 Å². The van der Waals surface area contributed by atoms with Gasteiger partial charge in [0.25, 0.3) is 0 Å². The van der Waals surface area contributed by atoms with Crippen LogP contribution < -0.4 is 5.32 Å². The van der Waals surface area contributed by atoms with Gasteiger partial charge in [0.2, 0.25) is 0 Å². The van der Waals surface area contributed by atoms with Gasteiger partial charge in [-0.2, -0.15) is 11.3 Å². The fourth-order valence-electron chi connectivity index (χ4n) is 2.70. The minimum absolute atomic E-state index is 0.494. The summed E-state index contributed by atoms with van der Waals surface area (Å²) in [7, 11) is 0. The maximum absolute atomic E-state index is 3.76. The van der Waals surface area contributed by atoms with Crippen molar-refractivity contribution in [2.75, 3.05) is 6.54 Å². The summed E-state index contributed by atoms with van der Waals surface area (Å²) in [5.41, 5.74) is 1.97. The summed E-state index contributed by atoms with van der Waals surface area (Å²) >= 11 is 1.80. The Morgan fingerprint density at radius 2 is 2.38 bits per heavy atom. The van der Waals surface area contributed by atoms with Gasteiger partial charge in [-0.15, -0.1) is 0 Å². The van der Waals surface area contributed by atoms with E-state index in [9.17, 15) is 0 Å². The molecule has 1 aliphatic rings. The lowest BCUT2D eigenvalue weighted by Crippen LogP contribution is -2.39. The molecule has 0 saturated heterocycles. The molecule has 0 aromatic carbocycles. The predicted molar refractivity (Wildman–Crippen MR) is 72.2 cm³/mol. The molecule has 0 amide bonds. The lowest BCUT2D eigenvalue weighted by atomic mass is 9.87. The molecule has 1 heterocycles. The molecule has 16 heavy (non-hydrogen) atoms. The molecule has 1 aromatic rings. The molecule has 0 bridgehead atoms. The molecule has 1 N–H and O–H groups in total. The molecule has 1 aliphatic carbocycles. The van der Waals surface area contributed by atoms with Gasteiger partial charge in [-0.1, -0.05) is 27.2 Å². The molecule has 2 unspecified atom stereocenters. The third-order valence-electron chi connectivity index (χ3n) is 4.04. The van der Waals surface area contributed by atoms with E-state index in [1.807, 2.05) is 0 Å². The maximum atomic E-state index is 3.76. The van der Waals surface area contributed by atoms with Crippen molar-refractivity contribution in [3.8, 4) is 0 Å². The van der Waals surface area contributed by atoms with E-state index in [-0.39, 0.29) is 0 Å². The molecule has 0 radical (unpaired) electrons. The molecule has 1 saturated carbocycles. The standard InChI is InChI=1S/C14H23NS/c1-11(12-6-8-16-10-12)9-15-13-5-4-7-14(13,2)3/h6,8,10-11,13,15H,4-5,7,9H2,1-3H3. The molecule has 1 nitrogen and oxygen atoms in total. The SMILES string of the molecule is CC(CNC1CCCC1(C)C)c1ccsc1. The number of rotatable bonds is 4. The first-order chi connectivity index (χ1) is 7.59. The first-order valence-electron chi connectivity index (χ1n) is 6.35. The Balaban J connectivity index is 1.83. The second-order valence-corrected chi connectivity index (χ2v) is 6.58. The predicted octanol–water partition coefficient (Wildman–Crippen LogP) is 4.02. The highest BCUT2D eigenvalue weighted by atomic mass is 32.1. The van der Waals surface area contributed by atoms with Gasteiger partial charge < -0.3 is 5.32 Å². The van der Waals surface area contributed by atoms with E-state index < -0.39 is 0 Å². The van der Waals surface area contributed by atoms with Crippen LogP contribution in [0.2, 0.25) is 0 Å². The normalized spacial score (nSPS) is 25.8. The van der Waals surface area contributed by atoms with Crippen LogP contribution in [0.15, 0.2) is 16.8 Å². The molecule has 2 heteroatoms. The molecule has 2 rings (SSSR count). The zero-order valence-corrected chi connectivity index (χ0v) is 11.4. The van der Waals surface area contributed by atoms with Crippen LogP contribution >= 0.6 is 11.3 Å². The van der Waals surface area contributed by atoms with Crippen molar-refractivity contribution in [1.29, 1.82) is 0 Å². The number of hydrogen-bond acceptors (Lipinski definition) is 2. The lowest BCUT2D eigenvalue weighted by molar-refractivity contribution is 0.281.